The van der Waals surface area contributed by atoms with E-state index in [-0.39, 0.29) is 24.5 Å². The fraction of sp³-hybridized carbons (Fsp3) is 0.312. The first-order chi connectivity index (χ1) is 10.5. The number of aromatic nitrogens is 2. The minimum absolute atomic E-state index is 0.0716. The zero-order chi connectivity index (χ0) is 16.1. The molecule has 1 heterocycles. The number of hydrogen-bond acceptors (Lipinski definition) is 4. The molecule has 0 aliphatic carbocycles. The third-order valence-electron chi connectivity index (χ3n) is 3.40. The van der Waals surface area contributed by atoms with Crippen molar-refractivity contribution in [2.45, 2.75) is 26.3 Å². The van der Waals surface area contributed by atoms with Gasteiger partial charge in [0.1, 0.15) is 5.82 Å². The van der Waals surface area contributed by atoms with Crippen LogP contribution in [0, 0.1) is 13.8 Å². The first-order valence-electron chi connectivity index (χ1n) is 7.03. The molecule has 2 rings (SSSR count). The van der Waals surface area contributed by atoms with Crippen LogP contribution in [0.2, 0.25) is 0 Å². The SMILES string of the molecule is Cc1nc(C)c(CC(=O)N[C@H](CO)c2ccccc2)c(=O)[nH]1. The van der Waals surface area contributed by atoms with Crippen molar-refractivity contribution in [3.63, 3.8) is 0 Å². The molecule has 0 radical (unpaired) electrons. The second-order valence-corrected chi connectivity index (χ2v) is 5.11. The molecule has 116 valence electrons. The molecule has 1 aromatic carbocycles. The van der Waals surface area contributed by atoms with E-state index in [1.807, 2.05) is 30.3 Å². The van der Waals surface area contributed by atoms with E-state index < -0.39 is 6.04 Å². The lowest BCUT2D eigenvalue weighted by atomic mass is 10.1. The molecule has 3 N–H and O–H groups in total. The lowest BCUT2D eigenvalue weighted by Gasteiger charge is -2.17. The summed E-state index contributed by atoms with van der Waals surface area (Å²) in [4.78, 5) is 30.8. The van der Waals surface area contributed by atoms with E-state index in [1.165, 1.54) is 0 Å². The number of aromatic amines is 1. The molecule has 0 spiro atoms. The molecule has 1 amide bonds. The molecule has 0 saturated heterocycles. The Bertz CT molecular complexity index is 710. The summed E-state index contributed by atoms with van der Waals surface area (Å²) in [7, 11) is 0. The number of nitrogens with one attached hydrogen (secondary N) is 2. The number of aryl methyl sites for hydroxylation is 2. The number of H-pyrrole nitrogens is 1. The quantitative estimate of drug-likeness (QED) is 0.760. The maximum absolute atomic E-state index is 12.1. The lowest BCUT2D eigenvalue weighted by Crippen LogP contribution is -2.34. The maximum Gasteiger partial charge on any atom is 0.254 e. The van der Waals surface area contributed by atoms with Gasteiger partial charge in [0.05, 0.1) is 19.1 Å². The van der Waals surface area contributed by atoms with E-state index in [9.17, 15) is 14.7 Å². The highest BCUT2D eigenvalue weighted by atomic mass is 16.3. The van der Waals surface area contributed by atoms with E-state index in [1.54, 1.807) is 13.8 Å². The number of amides is 1. The third-order valence-corrected chi connectivity index (χ3v) is 3.40. The number of carbonyl (C=O) groups excluding carboxylic acids is 1. The summed E-state index contributed by atoms with van der Waals surface area (Å²) in [5.41, 5.74) is 1.39. The molecule has 1 atom stereocenters. The maximum atomic E-state index is 12.1. The van der Waals surface area contributed by atoms with Crippen LogP contribution in [0.4, 0.5) is 0 Å². The van der Waals surface area contributed by atoms with Crippen molar-refractivity contribution in [1.29, 1.82) is 0 Å². The van der Waals surface area contributed by atoms with Crippen LogP contribution in [0.25, 0.3) is 0 Å². The molecule has 0 bridgehead atoms. The topological polar surface area (TPSA) is 95.1 Å². The van der Waals surface area contributed by atoms with Crippen molar-refractivity contribution < 1.29 is 9.90 Å². The Morgan fingerprint density at radius 1 is 1.32 bits per heavy atom. The largest absolute Gasteiger partial charge is 0.394 e. The summed E-state index contributed by atoms with van der Waals surface area (Å²) in [6.07, 6.45) is -0.0716. The van der Waals surface area contributed by atoms with Crippen molar-refractivity contribution >= 4 is 5.91 Å². The summed E-state index contributed by atoms with van der Waals surface area (Å²) in [5.74, 6) is 0.186. The Hall–Kier alpha value is -2.47. The van der Waals surface area contributed by atoms with Gasteiger partial charge in [-0.25, -0.2) is 4.98 Å². The molecular weight excluding hydrogens is 282 g/mol. The molecular formula is C16H19N3O3. The molecule has 0 saturated carbocycles. The highest BCUT2D eigenvalue weighted by Crippen LogP contribution is 2.12. The Morgan fingerprint density at radius 2 is 2.00 bits per heavy atom. The van der Waals surface area contributed by atoms with E-state index in [0.29, 0.717) is 17.1 Å². The van der Waals surface area contributed by atoms with Crippen LogP contribution in [-0.4, -0.2) is 27.6 Å². The van der Waals surface area contributed by atoms with Gasteiger partial charge in [-0.15, -0.1) is 0 Å². The van der Waals surface area contributed by atoms with Crippen LogP contribution in [0.1, 0.15) is 28.7 Å². The highest BCUT2D eigenvalue weighted by Gasteiger charge is 2.16. The molecule has 22 heavy (non-hydrogen) atoms. The predicted octanol–water partition coefficient (Wildman–Crippen LogP) is 0.779. The first-order valence-corrected chi connectivity index (χ1v) is 7.03. The average Bonchev–Trinajstić information content (AvgIpc) is 2.49. The number of nitrogens with zero attached hydrogens (tertiary/aromatic N) is 1. The molecule has 0 unspecified atom stereocenters. The molecule has 2 aromatic rings. The van der Waals surface area contributed by atoms with Crippen molar-refractivity contribution in [1.82, 2.24) is 15.3 Å². The van der Waals surface area contributed by atoms with E-state index >= 15 is 0 Å². The molecule has 6 nitrogen and oxygen atoms in total. The average molecular weight is 301 g/mol. The zero-order valence-electron chi connectivity index (χ0n) is 12.6. The summed E-state index contributed by atoms with van der Waals surface area (Å²) < 4.78 is 0. The Kier molecular flexibility index (Phi) is 5.06. The summed E-state index contributed by atoms with van der Waals surface area (Å²) in [6.45, 7) is 3.18. The number of benzene rings is 1. The van der Waals surface area contributed by atoms with Gasteiger partial charge in [0.2, 0.25) is 5.91 Å². The van der Waals surface area contributed by atoms with Crippen molar-refractivity contribution in [2.75, 3.05) is 6.61 Å². The zero-order valence-corrected chi connectivity index (χ0v) is 12.6. The molecule has 1 aromatic heterocycles. The highest BCUT2D eigenvalue weighted by molar-refractivity contribution is 5.79. The summed E-state index contributed by atoms with van der Waals surface area (Å²) >= 11 is 0. The smallest absolute Gasteiger partial charge is 0.254 e. The molecule has 0 aliphatic rings. The monoisotopic (exact) mass is 301 g/mol. The van der Waals surface area contributed by atoms with Gasteiger partial charge in [-0.3, -0.25) is 9.59 Å². The second kappa shape index (κ2) is 7.00. The number of aliphatic hydroxyl groups excluding tert-OH is 1. The fourth-order valence-electron chi connectivity index (χ4n) is 2.28. The summed E-state index contributed by atoms with van der Waals surface area (Å²) in [5, 5.41) is 12.2. The van der Waals surface area contributed by atoms with Gasteiger partial charge in [-0.05, 0) is 19.4 Å². The Balaban J connectivity index is 2.12. The van der Waals surface area contributed by atoms with Gasteiger partial charge < -0.3 is 15.4 Å². The molecule has 6 heteroatoms. The lowest BCUT2D eigenvalue weighted by molar-refractivity contribution is -0.121. The van der Waals surface area contributed by atoms with Crippen molar-refractivity contribution in [2.24, 2.45) is 0 Å². The van der Waals surface area contributed by atoms with E-state index in [0.717, 1.165) is 5.56 Å². The predicted molar refractivity (Wildman–Crippen MR) is 82.4 cm³/mol. The number of carbonyl (C=O) groups is 1. The summed E-state index contributed by atoms with van der Waals surface area (Å²) in [6, 6.07) is 8.69. The van der Waals surface area contributed by atoms with E-state index in [2.05, 4.69) is 15.3 Å². The first kappa shape index (κ1) is 15.9. The van der Waals surface area contributed by atoms with Crippen LogP contribution in [0.5, 0.6) is 0 Å². The van der Waals surface area contributed by atoms with Crippen LogP contribution in [0.15, 0.2) is 35.1 Å². The van der Waals surface area contributed by atoms with Crippen LogP contribution >= 0.6 is 0 Å². The van der Waals surface area contributed by atoms with Gasteiger partial charge in [-0.2, -0.15) is 0 Å². The van der Waals surface area contributed by atoms with E-state index in [4.69, 9.17) is 0 Å². The minimum Gasteiger partial charge on any atom is -0.394 e. The number of aliphatic hydroxyl groups is 1. The van der Waals surface area contributed by atoms with Crippen LogP contribution < -0.4 is 10.9 Å². The second-order valence-electron chi connectivity index (χ2n) is 5.11. The molecule has 0 fully saturated rings. The standard InChI is InChI=1S/C16H19N3O3/c1-10-13(16(22)18-11(2)17-10)8-15(21)19-14(9-20)12-6-4-3-5-7-12/h3-7,14,20H,8-9H2,1-2H3,(H,19,21)(H,17,18,22)/t14-/m1/s1. The minimum atomic E-state index is -0.494. The normalized spacial score (nSPS) is 12.0. The van der Waals surface area contributed by atoms with Gasteiger partial charge in [0.15, 0.2) is 0 Å². The Labute approximate surface area is 128 Å². The third kappa shape index (κ3) is 3.79. The Morgan fingerprint density at radius 3 is 2.59 bits per heavy atom. The van der Waals surface area contributed by atoms with Crippen molar-refractivity contribution in [3.8, 4) is 0 Å². The van der Waals surface area contributed by atoms with Gasteiger partial charge in [-0.1, -0.05) is 30.3 Å². The van der Waals surface area contributed by atoms with Crippen LogP contribution in [-0.2, 0) is 11.2 Å². The molecule has 0 aliphatic heterocycles. The number of hydrogen-bond donors (Lipinski definition) is 3. The fourth-order valence-corrected chi connectivity index (χ4v) is 2.28. The van der Waals surface area contributed by atoms with Crippen molar-refractivity contribution in [3.05, 3.63) is 63.3 Å². The van der Waals surface area contributed by atoms with Gasteiger partial charge >= 0.3 is 0 Å². The van der Waals surface area contributed by atoms with Gasteiger partial charge in [0, 0.05) is 11.3 Å². The van der Waals surface area contributed by atoms with Gasteiger partial charge in [0.25, 0.3) is 5.56 Å². The number of rotatable bonds is 5. The van der Waals surface area contributed by atoms with Crippen LogP contribution in [0.3, 0.4) is 0 Å².